The normalized spacial score (nSPS) is 12.4. The Balaban J connectivity index is 2.40. The minimum absolute atomic E-state index is 0.414. The van der Waals surface area contributed by atoms with Crippen LogP contribution < -0.4 is 4.74 Å². The van der Waals surface area contributed by atoms with Gasteiger partial charge in [0, 0.05) is 16.8 Å². The van der Waals surface area contributed by atoms with Crippen molar-refractivity contribution >= 4 is 22.4 Å². The van der Waals surface area contributed by atoms with Crippen LogP contribution in [0.4, 0.5) is 0 Å². The van der Waals surface area contributed by atoms with Crippen LogP contribution in [0.15, 0.2) is 29.7 Å². The Morgan fingerprint density at radius 3 is 2.94 bits per heavy atom. The summed E-state index contributed by atoms with van der Waals surface area (Å²) in [6.07, 6.45) is 3.09. The van der Waals surface area contributed by atoms with Crippen LogP contribution in [-0.4, -0.2) is 32.3 Å². The first kappa shape index (κ1) is 13.0. The molecule has 1 aromatic heterocycles. The fourth-order valence-electron chi connectivity index (χ4n) is 1.63. The average Bonchev–Trinajstić information content (AvgIpc) is 2.80. The van der Waals surface area contributed by atoms with Gasteiger partial charge in [-0.2, -0.15) is 0 Å². The number of benzene rings is 1. The van der Waals surface area contributed by atoms with E-state index in [2.05, 4.69) is 10.2 Å². The van der Waals surface area contributed by atoms with Crippen LogP contribution in [-0.2, 0) is 17.3 Å². The molecule has 18 heavy (non-hydrogen) atoms. The smallest absolute Gasteiger partial charge is 0.221 e. The first-order valence-electron chi connectivity index (χ1n) is 5.16. The van der Waals surface area contributed by atoms with Crippen molar-refractivity contribution in [1.29, 1.82) is 0 Å². The third-order valence-electron chi connectivity index (χ3n) is 2.46. The van der Waals surface area contributed by atoms with Crippen LogP contribution in [0.1, 0.15) is 5.56 Å². The van der Waals surface area contributed by atoms with Crippen LogP contribution in [0.2, 0.25) is 5.02 Å². The minimum atomic E-state index is -1.19. The van der Waals surface area contributed by atoms with Gasteiger partial charge in [-0.1, -0.05) is 17.7 Å². The van der Waals surface area contributed by atoms with E-state index in [4.69, 9.17) is 16.3 Å². The monoisotopic (exact) mass is 285 g/mol. The molecular formula is C11H12ClN3O2S. The first-order chi connectivity index (χ1) is 8.63. The lowest BCUT2D eigenvalue weighted by Gasteiger charge is -2.11. The quantitative estimate of drug-likeness (QED) is 0.858. The Labute approximate surface area is 112 Å². The molecule has 0 spiro atoms. The van der Waals surface area contributed by atoms with Crippen LogP contribution >= 0.6 is 11.6 Å². The number of aromatic nitrogens is 3. The van der Waals surface area contributed by atoms with Crippen molar-refractivity contribution in [3.8, 4) is 5.75 Å². The summed E-state index contributed by atoms with van der Waals surface area (Å²) < 4.78 is 18.4. The van der Waals surface area contributed by atoms with E-state index in [0.29, 0.717) is 22.5 Å². The topological polar surface area (TPSA) is 57.0 Å². The van der Waals surface area contributed by atoms with Crippen molar-refractivity contribution in [2.24, 2.45) is 0 Å². The Morgan fingerprint density at radius 1 is 1.50 bits per heavy atom. The Morgan fingerprint density at radius 2 is 2.28 bits per heavy atom. The largest absolute Gasteiger partial charge is 0.496 e. The van der Waals surface area contributed by atoms with Gasteiger partial charge >= 0.3 is 0 Å². The molecule has 0 aliphatic heterocycles. The van der Waals surface area contributed by atoms with Gasteiger partial charge in [0.25, 0.3) is 0 Å². The second-order valence-electron chi connectivity index (χ2n) is 3.62. The molecule has 0 saturated carbocycles. The highest BCUT2D eigenvalue weighted by atomic mass is 35.5. The number of hydrogen-bond acceptors (Lipinski definition) is 4. The van der Waals surface area contributed by atoms with Gasteiger partial charge in [-0.05, 0) is 12.1 Å². The van der Waals surface area contributed by atoms with Gasteiger partial charge < -0.3 is 9.30 Å². The highest BCUT2D eigenvalue weighted by molar-refractivity contribution is 7.84. The molecule has 0 amide bonds. The van der Waals surface area contributed by atoms with Gasteiger partial charge in [0.15, 0.2) is 0 Å². The zero-order valence-electron chi connectivity index (χ0n) is 9.96. The molecule has 0 aliphatic rings. The molecule has 0 fully saturated rings. The third-order valence-corrected chi connectivity index (χ3v) is 3.65. The first-order valence-corrected chi connectivity index (χ1v) is 7.09. The number of methoxy groups -OCH3 is 1. The number of nitrogens with zero attached hydrogens (tertiary/aromatic N) is 3. The summed E-state index contributed by atoms with van der Waals surface area (Å²) >= 11 is 6.15. The van der Waals surface area contributed by atoms with Crippen molar-refractivity contribution in [1.82, 2.24) is 14.8 Å². The summed E-state index contributed by atoms with van der Waals surface area (Å²) in [7, 11) is 0.391. The average molecular weight is 286 g/mol. The maximum atomic E-state index is 11.5. The van der Waals surface area contributed by atoms with E-state index >= 15 is 0 Å². The lowest BCUT2D eigenvalue weighted by atomic mass is 10.2. The molecule has 5 nitrogen and oxygen atoms in total. The number of ether oxygens (including phenoxy) is 1. The molecule has 0 unspecified atom stereocenters. The number of hydrogen-bond donors (Lipinski definition) is 0. The van der Waals surface area contributed by atoms with Crippen LogP contribution in [0.25, 0.3) is 0 Å². The summed E-state index contributed by atoms with van der Waals surface area (Å²) in [6, 6.07) is 5.43. The Hall–Kier alpha value is -1.40. The summed E-state index contributed by atoms with van der Waals surface area (Å²) in [5, 5.41) is 8.59. The molecule has 1 aromatic carbocycles. The van der Waals surface area contributed by atoms with Crippen LogP contribution in [0.5, 0.6) is 5.75 Å². The summed E-state index contributed by atoms with van der Waals surface area (Å²) in [5.41, 5.74) is 0.813. The van der Waals surface area contributed by atoms with E-state index in [1.54, 1.807) is 24.0 Å². The lowest BCUT2D eigenvalue weighted by molar-refractivity contribution is 0.407. The van der Waals surface area contributed by atoms with Gasteiger partial charge in [0.1, 0.15) is 12.1 Å². The highest BCUT2D eigenvalue weighted by Gasteiger charge is 2.13. The van der Waals surface area contributed by atoms with Crippen molar-refractivity contribution in [3.05, 3.63) is 35.1 Å². The standard InChI is InChI=1S/C11H12ClN3O2S/c1-17-10-5-3-4-9(12)8(10)6-15-7-13-14-11(15)18(2)16/h3-5,7H,6H2,1-2H3/t18-/m1/s1. The fourth-order valence-corrected chi connectivity index (χ4v) is 2.46. The second kappa shape index (κ2) is 5.49. The molecule has 7 heteroatoms. The Bertz CT molecular complexity index is 585. The maximum Gasteiger partial charge on any atom is 0.221 e. The summed E-state index contributed by atoms with van der Waals surface area (Å²) in [4.78, 5) is 0. The predicted molar refractivity (Wildman–Crippen MR) is 69.5 cm³/mol. The molecule has 1 heterocycles. The van der Waals surface area contributed by atoms with Gasteiger partial charge in [-0.25, -0.2) is 0 Å². The molecule has 2 rings (SSSR count). The van der Waals surface area contributed by atoms with E-state index in [1.165, 1.54) is 6.33 Å². The molecule has 0 radical (unpaired) electrons. The molecule has 0 aliphatic carbocycles. The second-order valence-corrected chi connectivity index (χ2v) is 5.30. The summed E-state index contributed by atoms with van der Waals surface area (Å²) in [5.74, 6) is 0.684. The van der Waals surface area contributed by atoms with Crippen molar-refractivity contribution in [3.63, 3.8) is 0 Å². The van der Waals surface area contributed by atoms with Gasteiger partial charge in [0.05, 0.1) is 24.5 Å². The molecular weight excluding hydrogens is 274 g/mol. The fraction of sp³-hybridized carbons (Fsp3) is 0.273. The molecule has 0 N–H and O–H groups in total. The maximum absolute atomic E-state index is 11.5. The van der Waals surface area contributed by atoms with E-state index in [-0.39, 0.29) is 0 Å². The predicted octanol–water partition coefficient (Wildman–Crippen LogP) is 1.73. The lowest BCUT2D eigenvalue weighted by Crippen LogP contribution is -2.07. The number of halogens is 1. The van der Waals surface area contributed by atoms with E-state index < -0.39 is 10.8 Å². The van der Waals surface area contributed by atoms with Crippen molar-refractivity contribution in [2.45, 2.75) is 11.7 Å². The molecule has 2 aromatic rings. The SMILES string of the molecule is COc1cccc(Cl)c1Cn1cnnc1[S@@](C)=O. The van der Waals surface area contributed by atoms with Crippen molar-refractivity contribution < 1.29 is 8.95 Å². The number of rotatable bonds is 4. The minimum Gasteiger partial charge on any atom is -0.496 e. The highest BCUT2D eigenvalue weighted by Crippen LogP contribution is 2.27. The van der Waals surface area contributed by atoms with E-state index in [0.717, 1.165) is 5.56 Å². The van der Waals surface area contributed by atoms with Crippen LogP contribution in [0.3, 0.4) is 0 Å². The molecule has 0 saturated heterocycles. The van der Waals surface area contributed by atoms with Crippen LogP contribution in [0, 0.1) is 0 Å². The zero-order valence-corrected chi connectivity index (χ0v) is 11.5. The molecule has 0 bridgehead atoms. The van der Waals surface area contributed by atoms with Gasteiger partial charge in [0.2, 0.25) is 5.16 Å². The third kappa shape index (κ3) is 2.54. The summed E-state index contributed by atoms with van der Waals surface area (Å²) in [6.45, 7) is 0.421. The van der Waals surface area contributed by atoms with Crippen molar-refractivity contribution in [2.75, 3.05) is 13.4 Å². The van der Waals surface area contributed by atoms with E-state index in [1.807, 2.05) is 12.1 Å². The van der Waals surface area contributed by atoms with Gasteiger partial charge in [-0.15, -0.1) is 10.2 Å². The van der Waals surface area contributed by atoms with E-state index in [9.17, 15) is 4.21 Å². The van der Waals surface area contributed by atoms with Gasteiger partial charge in [-0.3, -0.25) is 4.21 Å². The zero-order chi connectivity index (χ0) is 13.1. The molecule has 96 valence electrons. The Kier molecular flexibility index (Phi) is 3.98. The molecule has 1 atom stereocenters.